The number of amides is 2. The molecular weight excluding hydrogens is 458 g/mol. The van der Waals surface area contributed by atoms with E-state index < -0.39 is 0 Å². The third kappa shape index (κ3) is 5.59. The van der Waals surface area contributed by atoms with Crippen LogP contribution >= 0.6 is 0 Å². The normalized spacial score (nSPS) is 17.3. The number of hydrogen-bond acceptors (Lipinski definition) is 6. The average molecular weight is 496 g/mol. The summed E-state index contributed by atoms with van der Waals surface area (Å²) >= 11 is 0. The molecule has 0 radical (unpaired) electrons. The van der Waals surface area contributed by atoms with Gasteiger partial charge in [-0.2, -0.15) is 0 Å². The van der Waals surface area contributed by atoms with Crippen molar-refractivity contribution >= 4 is 17.5 Å². The molecule has 0 spiro atoms. The van der Waals surface area contributed by atoms with Crippen molar-refractivity contribution in [1.29, 1.82) is 0 Å². The van der Waals surface area contributed by atoms with Gasteiger partial charge in [0.25, 0.3) is 0 Å². The third-order valence-corrected chi connectivity index (χ3v) is 7.08. The van der Waals surface area contributed by atoms with E-state index in [1.54, 1.807) is 21.3 Å². The molecule has 2 aromatic carbocycles. The number of anilines is 1. The van der Waals surface area contributed by atoms with Gasteiger partial charge in [0.2, 0.25) is 17.6 Å². The number of ether oxygens (including phenoxy) is 3. The Hall–Kier alpha value is -3.26. The maximum atomic E-state index is 12.7. The summed E-state index contributed by atoms with van der Waals surface area (Å²) in [6, 6.07) is 7.64. The lowest BCUT2D eigenvalue weighted by Gasteiger charge is -2.26. The molecule has 1 aliphatic carbocycles. The van der Waals surface area contributed by atoms with Gasteiger partial charge in [0.15, 0.2) is 11.5 Å². The van der Waals surface area contributed by atoms with Gasteiger partial charge >= 0.3 is 0 Å². The molecular formula is C28H37N3O5. The highest BCUT2D eigenvalue weighted by molar-refractivity contribution is 5.92. The lowest BCUT2D eigenvalue weighted by molar-refractivity contribution is -0.120. The number of nitrogens with zero attached hydrogens (tertiary/aromatic N) is 1. The highest BCUT2D eigenvalue weighted by atomic mass is 16.5. The van der Waals surface area contributed by atoms with Gasteiger partial charge in [0, 0.05) is 31.1 Å². The lowest BCUT2D eigenvalue weighted by Crippen LogP contribution is -2.32. The predicted octanol–water partition coefficient (Wildman–Crippen LogP) is 4.32. The summed E-state index contributed by atoms with van der Waals surface area (Å²) in [5, 5.41) is 6.16. The highest BCUT2D eigenvalue weighted by Crippen LogP contribution is 2.50. The predicted molar refractivity (Wildman–Crippen MR) is 140 cm³/mol. The first-order chi connectivity index (χ1) is 17.4. The molecule has 0 unspecified atom stereocenters. The van der Waals surface area contributed by atoms with Crippen molar-refractivity contribution in [2.24, 2.45) is 0 Å². The SMILES string of the molecule is COc1cc2c(c(OC)c1OC)-c1ccc(NC(=O)CCN3CCCCC3)cc1[C@@H](NC(C)=O)CC2. The van der Waals surface area contributed by atoms with Crippen LogP contribution in [0.5, 0.6) is 17.2 Å². The Morgan fingerprint density at radius 3 is 2.42 bits per heavy atom. The standard InChI is InChI=1S/C28H37N3O5/c1-18(32)29-23-11-8-19-16-24(34-2)27(35-3)28(36-4)26(19)21-10-9-20(17-22(21)23)30-25(33)12-15-31-13-6-5-7-14-31/h9-10,16-17,23H,5-8,11-15H2,1-4H3,(H,29,32)(H,30,33)/t23-/m0/s1. The van der Waals surface area contributed by atoms with E-state index >= 15 is 0 Å². The van der Waals surface area contributed by atoms with E-state index in [1.807, 2.05) is 24.3 Å². The Balaban J connectivity index is 1.68. The summed E-state index contributed by atoms with van der Waals surface area (Å²) in [6.45, 7) is 4.44. The zero-order valence-corrected chi connectivity index (χ0v) is 21.7. The van der Waals surface area contributed by atoms with Gasteiger partial charge in [-0.3, -0.25) is 9.59 Å². The minimum absolute atomic E-state index is 0.00499. The molecule has 8 heteroatoms. The van der Waals surface area contributed by atoms with E-state index in [0.29, 0.717) is 36.5 Å². The van der Waals surface area contributed by atoms with E-state index in [1.165, 1.54) is 26.2 Å². The first-order valence-corrected chi connectivity index (χ1v) is 12.7. The van der Waals surface area contributed by atoms with Crippen molar-refractivity contribution in [3.63, 3.8) is 0 Å². The molecule has 0 saturated carbocycles. The number of likely N-dealkylation sites (tertiary alicyclic amines) is 1. The molecule has 0 bridgehead atoms. The number of rotatable bonds is 8. The van der Waals surface area contributed by atoms with Gasteiger partial charge in [0.1, 0.15) is 0 Å². The topological polar surface area (TPSA) is 89.1 Å². The smallest absolute Gasteiger partial charge is 0.225 e. The molecule has 1 atom stereocenters. The van der Waals surface area contributed by atoms with Crippen molar-refractivity contribution in [2.45, 2.75) is 51.5 Å². The summed E-state index contributed by atoms with van der Waals surface area (Å²) in [5.41, 5.74) is 4.56. The van der Waals surface area contributed by atoms with E-state index in [-0.39, 0.29) is 17.9 Å². The Morgan fingerprint density at radius 2 is 1.75 bits per heavy atom. The van der Waals surface area contributed by atoms with Gasteiger partial charge in [-0.1, -0.05) is 12.5 Å². The first-order valence-electron chi connectivity index (χ1n) is 12.7. The Bertz CT molecular complexity index is 1110. The Morgan fingerprint density at radius 1 is 1.00 bits per heavy atom. The van der Waals surface area contributed by atoms with E-state index in [0.717, 1.165) is 47.6 Å². The number of methoxy groups -OCH3 is 3. The summed E-state index contributed by atoms with van der Waals surface area (Å²) in [7, 11) is 4.81. The van der Waals surface area contributed by atoms with Crippen molar-refractivity contribution in [1.82, 2.24) is 10.2 Å². The van der Waals surface area contributed by atoms with Crippen molar-refractivity contribution in [3.05, 3.63) is 35.4 Å². The second-order valence-corrected chi connectivity index (χ2v) is 9.47. The molecule has 2 N–H and O–H groups in total. The number of fused-ring (bicyclic) bond motifs is 3. The van der Waals surface area contributed by atoms with Crippen LogP contribution < -0.4 is 24.8 Å². The zero-order chi connectivity index (χ0) is 25.7. The molecule has 1 heterocycles. The zero-order valence-electron chi connectivity index (χ0n) is 21.7. The van der Waals surface area contributed by atoms with E-state index in [9.17, 15) is 9.59 Å². The molecule has 1 aliphatic heterocycles. The molecule has 0 aromatic heterocycles. The number of nitrogens with one attached hydrogen (secondary N) is 2. The van der Waals surface area contributed by atoms with Crippen LogP contribution in [0.4, 0.5) is 5.69 Å². The van der Waals surface area contributed by atoms with E-state index in [4.69, 9.17) is 14.2 Å². The highest BCUT2D eigenvalue weighted by Gasteiger charge is 2.29. The number of aryl methyl sites for hydroxylation is 1. The molecule has 4 rings (SSSR count). The van der Waals surface area contributed by atoms with Crippen LogP contribution in [0.1, 0.15) is 56.2 Å². The summed E-state index contributed by atoms with van der Waals surface area (Å²) in [5.74, 6) is 1.61. The van der Waals surface area contributed by atoms with Gasteiger partial charge in [-0.25, -0.2) is 0 Å². The van der Waals surface area contributed by atoms with Gasteiger partial charge < -0.3 is 29.7 Å². The monoisotopic (exact) mass is 495 g/mol. The summed E-state index contributed by atoms with van der Waals surface area (Å²) in [4.78, 5) is 27.2. The minimum atomic E-state index is -0.211. The van der Waals surface area contributed by atoms with Crippen LogP contribution in [0.2, 0.25) is 0 Å². The summed E-state index contributed by atoms with van der Waals surface area (Å²) < 4.78 is 17.0. The maximum Gasteiger partial charge on any atom is 0.225 e. The molecule has 1 saturated heterocycles. The fraction of sp³-hybridized carbons (Fsp3) is 0.500. The van der Waals surface area contributed by atoms with Crippen LogP contribution in [0.3, 0.4) is 0 Å². The van der Waals surface area contributed by atoms with E-state index in [2.05, 4.69) is 15.5 Å². The van der Waals surface area contributed by atoms with Crippen molar-refractivity contribution in [3.8, 4) is 28.4 Å². The maximum absolute atomic E-state index is 12.7. The molecule has 194 valence electrons. The molecule has 2 aliphatic rings. The quantitative estimate of drug-likeness (QED) is 0.567. The number of piperidine rings is 1. The number of carbonyl (C=O) groups excluding carboxylic acids is 2. The Labute approximate surface area is 213 Å². The number of hydrogen-bond donors (Lipinski definition) is 2. The van der Waals surface area contributed by atoms with Gasteiger partial charge in [0.05, 0.1) is 27.4 Å². The first kappa shape index (κ1) is 25.8. The molecule has 1 fully saturated rings. The number of carbonyl (C=O) groups is 2. The van der Waals surface area contributed by atoms with Crippen LogP contribution in [-0.2, 0) is 16.0 Å². The molecule has 8 nitrogen and oxygen atoms in total. The molecule has 2 aromatic rings. The lowest BCUT2D eigenvalue weighted by atomic mass is 9.93. The average Bonchev–Trinajstić information content (AvgIpc) is 3.03. The fourth-order valence-electron chi connectivity index (χ4n) is 5.37. The van der Waals surface area contributed by atoms with Crippen molar-refractivity contribution in [2.75, 3.05) is 46.3 Å². The third-order valence-electron chi connectivity index (χ3n) is 7.08. The van der Waals surface area contributed by atoms with Crippen LogP contribution in [-0.4, -0.2) is 57.7 Å². The second-order valence-electron chi connectivity index (χ2n) is 9.47. The van der Waals surface area contributed by atoms with Crippen LogP contribution in [0, 0.1) is 0 Å². The number of benzene rings is 2. The molecule has 2 amide bonds. The second kappa shape index (κ2) is 11.6. The summed E-state index contributed by atoms with van der Waals surface area (Å²) in [6.07, 6.45) is 5.56. The Kier molecular flexibility index (Phi) is 8.36. The fourth-order valence-corrected chi connectivity index (χ4v) is 5.37. The largest absolute Gasteiger partial charge is 0.493 e. The van der Waals surface area contributed by atoms with Crippen molar-refractivity contribution < 1.29 is 23.8 Å². The van der Waals surface area contributed by atoms with Gasteiger partial charge in [-0.15, -0.1) is 0 Å². The van der Waals surface area contributed by atoms with Crippen LogP contribution in [0.15, 0.2) is 24.3 Å². The minimum Gasteiger partial charge on any atom is -0.493 e. The molecule has 36 heavy (non-hydrogen) atoms. The van der Waals surface area contributed by atoms with Crippen LogP contribution in [0.25, 0.3) is 11.1 Å². The van der Waals surface area contributed by atoms with Gasteiger partial charge in [-0.05, 0) is 73.7 Å².